The molecule has 0 amide bonds. The summed E-state index contributed by atoms with van der Waals surface area (Å²) in [7, 11) is 0. The minimum absolute atomic E-state index is 0.151. The molecule has 3 aromatic rings. The fourth-order valence-corrected chi connectivity index (χ4v) is 4.73. The van der Waals surface area contributed by atoms with Gasteiger partial charge >= 0.3 is 0 Å². The van der Waals surface area contributed by atoms with E-state index in [9.17, 15) is 0 Å². The van der Waals surface area contributed by atoms with Crippen LogP contribution in [-0.4, -0.2) is 5.71 Å². The molecule has 2 nitrogen and oxygen atoms in total. The Morgan fingerprint density at radius 2 is 1.57 bits per heavy atom. The van der Waals surface area contributed by atoms with Crippen LogP contribution >= 0.6 is 23.2 Å². The highest BCUT2D eigenvalue weighted by molar-refractivity contribution is 6.30. The molecule has 1 heterocycles. The Morgan fingerprint density at radius 1 is 0.867 bits per heavy atom. The number of aliphatic imine (C=N–C) groups is 1. The first-order valence-electron chi connectivity index (χ1n) is 10.3. The smallest absolute Gasteiger partial charge is 0.0864 e. The van der Waals surface area contributed by atoms with Crippen molar-refractivity contribution in [1.82, 2.24) is 0 Å². The van der Waals surface area contributed by atoms with Crippen LogP contribution in [0, 0.1) is 5.92 Å². The summed E-state index contributed by atoms with van der Waals surface area (Å²) in [4.78, 5) is 5.18. The second kappa shape index (κ2) is 8.29. The van der Waals surface area contributed by atoms with Gasteiger partial charge in [0.1, 0.15) is 0 Å². The molecule has 0 aromatic heterocycles. The number of rotatable bonds is 2. The summed E-state index contributed by atoms with van der Waals surface area (Å²) in [5, 5.41) is 5.30. The third-order valence-electron chi connectivity index (χ3n) is 5.94. The Kier molecular flexibility index (Phi) is 5.37. The lowest BCUT2D eigenvalue weighted by Crippen LogP contribution is -2.30. The van der Waals surface area contributed by atoms with Gasteiger partial charge in [0.15, 0.2) is 0 Å². The molecular weight excluding hydrogens is 411 g/mol. The average Bonchev–Trinajstić information content (AvgIpc) is 2.93. The highest BCUT2D eigenvalue weighted by Gasteiger charge is 2.34. The summed E-state index contributed by atoms with van der Waals surface area (Å²) in [6, 6.07) is 24.7. The number of para-hydroxylation sites is 2. The van der Waals surface area contributed by atoms with Crippen LogP contribution in [0.3, 0.4) is 0 Å². The van der Waals surface area contributed by atoms with Gasteiger partial charge in [0.2, 0.25) is 0 Å². The lowest BCUT2D eigenvalue weighted by Gasteiger charge is -2.33. The molecule has 5 rings (SSSR count). The predicted molar refractivity (Wildman–Crippen MR) is 128 cm³/mol. The topological polar surface area (TPSA) is 24.4 Å². The zero-order valence-electron chi connectivity index (χ0n) is 16.5. The van der Waals surface area contributed by atoms with E-state index in [1.807, 2.05) is 30.3 Å². The summed E-state index contributed by atoms with van der Waals surface area (Å²) in [5.41, 5.74) is 6.97. The first-order chi connectivity index (χ1) is 14.7. The lowest BCUT2D eigenvalue weighted by atomic mass is 9.76. The van der Waals surface area contributed by atoms with E-state index >= 15 is 0 Å². The van der Waals surface area contributed by atoms with E-state index < -0.39 is 0 Å². The molecule has 1 aliphatic carbocycles. The summed E-state index contributed by atoms with van der Waals surface area (Å²) < 4.78 is 0. The monoisotopic (exact) mass is 432 g/mol. The van der Waals surface area contributed by atoms with Crippen molar-refractivity contribution < 1.29 is 0 Å². The minimum atomic E-state index is 0.151. The zero-order valence-corrected chi connectivity index (χ0v) is 18.0. The predicted octanol–water partition coefficient (Wildman–Crippen LogP) is 8.12. The van der Waals surface area contributed by atoms with Crippen molar-refractivity contribution in [3.05, 3.63) is 99.5 Å². The molecule has 1 fully saturated rings. The summed E-state index contributed by atoms with van der Waals surface area (Å²) in [6.45, 7) is 0. The fraction of sp³-hybridized carbons (Fsp3) is 0.192. The van der Waals surface area contributed by atoms with Crippen molar-refractivity contribution in [2.45, 2.75) is 25.3 Å². The van der Waals surface area contributed by atoms with Gasteiger partial charge < -0.3 is 5.32 Å². The van der Waals surface area contributed by atoms with Crippen LogP contribution in [0.15, 0.2) is 83.4 Å². The molecule has 0 bridgehead atoms. The van der Waals surface area contributed by atoms with Gasteiger partial charge in [-0.15, -0.1) is 0 Å². The SMILES string of the molecule is Clc1ccc(/C=C2\CCCC3C2=Nc2ccccc2NC3c2ccc(Cl)cc2)cc1. The van der Waals surface area contributed by atoms with Gasteiger partial charge in [-0.3, -0.25) is 4.99 Å². The molecule has 150 valence electrons. The van der Waals surface area contributed by atoms with Crippen LogP contribution in [0.5, 0.6) is 0 Å². The van der Waals surface area contributed by atoms with E-state index in [1.54, 1.807) is 0 Å². The Morgan fingerprint density at radius 3 is 2.33 bits per heavy atom. The zero-order chi connectivity index (χ0) is 20.5. The highest BCUT2D eigenvalue weighted by atomic mass is 35.5. The molecule has 0 radical (unpaired) electrons. The number of nitrogens with zero attached hydrogens (tertiary/aromatic N) is 1. The molecule has 3 aromatic carbocycles. The Hall–Kier alpha value is -2.55. The molecule has 2 atom stereocenters. The molecule has 0 saturated heterocycles. The molecule has 1 aliphatic heterocycles. The number of hydrogen-bond acceptors (Lipinski definition) is 2. The van der Waals surface area contributed by atoms with Gasteiger partial charge in [0, 0.05) is 21.7 Å². The number of anilines is 1. The van der Waals surface area contributed by atoms with Crippen molar-refractivity contribution in [2.24, 2.45) is 10.9 Å². The second-order valence-electron chi connectivity index (χ2n) is 7.91. The largest absolute Gasteiger partial charge is 0.376 e. The summed E-state index contributed by atoms with van der Waals surface area (Å²) in [5.74, 6) is 0.297. The van der Waals surface area contributed by atoms with E-state index in [2.05, 4.69) is 53.9 Å². The minimum Gasteiger partial charge on any atom is -0.376 e. The summed E-state index contributed by atoms with van der Waals surface area (Å²) in [6.07, 6.45) is 5.55. The number of fused-ring (bicyclic) bond motifs is 2. The molecule has 1 N–H and O–H groups in total. The number of nitrogens with one attached hydrogen (secondary N) is 1. The lowest BCUT2D eigenvalue weighted by molar-refractivity contribution is 0.504. The van der Waals surface area contributed by atoms with Gasteiger partial charge in [-0.1, -0.05) is 59.6 Å². The van der Waals surface area contributed by atoms with Crippen molar-refractivity contribution in [2.75, 3.05) is 5.32 Å². The number of halogens is 2. The van der Waals surface area contributed by atoms with Crippen LogP contribution in [0.25, 0.3) is 6.08 Å². The van der Waals surface area contributed by atoms with E-state index in [0.29, 0.717) is 5.92 Å². The number of hydrogen-bond donors (Lipinski definition) is 1. The second-order valence-corrected chi connectivity index (χ2v) is 8.78. The van der Waals surface area contributed by atoms with Gasteiger partial charge in [-0.25, -0.2) is 0 Å². The van der Waals surface area contributed by atoms with Gasteiger partial charge in [-0.05, 0) is 78.4 Å². The first kappa shape index (κ1) is 19.4. The number of allylic oxidation sites excluding steroid dienone is 1. The quantitative estimate of drug-likeness (QED) is 0.434. The summed E-state index contributed by atoms with van der Waals surface area (Å²) >= 11 is 12.2. The van der Waals surface area contributed by atoms with Crippen molar-refractivity contribution in [3.63, 3.8) is 0 Å². The average molecular weight is 433 g/mol. The van der Waals surface area contributed by atoms with E-state index in [4.69, 9.17) is 28.2 Å². The maximum absolute atomic E-state index is 6.16. The molecule has 2 unspecified atom stereocenters. The van der Waals surface area contributed by atoms with Gasteiger partial charge in [-0.2, -0.15) is 0 Å². The molecular formula is C26H22Cl2N2. The van der Waals surface area contributed by atoms with Crippen LogP contribution in [0.2, 0.25) is 10.0 Å². The normalized spacial score (nSPS) is 21.8. The molecule has 2 aliphatic rings. The van der Waals surface area contributed by atoms with Crippen molar-refractivity contribution in [3.8, 4) is 0 Å². The fourth-order valence-electron chi connectivity index (χ4n) is 4.48. The van der Waals surface area contributed by atoms with Crippen LogP contribution in [-0.2, 0) is 0 Å². The maximum atomic E-state index is 6.16. The van der Waals surface area contributed by atoms with Crippen molar-refractivity contribution in [1.29, 1.82) is 0 Å². The van der Waals surface area contributed by atoms with E-state index in [-0.39, 0.29) is 6.04 Å². The van der Waals surface area contributed by atoms with Crippen LogP contribution < -0.4 is 5.32 Å². The van der Waals surface area contributed by atoms with E-state index in [1.165, 1.54) is 16.8 Å². The Balaban J connectivity index is 1.62. The number of benzene rings is 3. The Bertz CT molecular complexity index is 1110. The standard InChI is InChI=1S/C26H22Cl2N2/c27-20-12-8-17(9-13-20)16-19-4-3-5-22-25(18-10-14-21(28)15-11-18)29-23-6-1-2-7-24(23)30-26(19)22/h1-2,6-16,22,25,29H,3-5H2/b19-16+. The van der Waals surface area contributed by atoms with E-state index in [0.717, 1.165) is 46.2 Å². The maximum Gasteiger partial charge on any atom is 0.0864 e. The molecule has 30 heavy (non-hydrogen) atoms. The Labute approximate surface area is 187 Å². The molecule has 4 heteroatoms. The highest BCUT2D eigenvalue weighted by Crippen LogP contribution is 2.43. The third-order valence-corrected chi connectivity index (χ3v) is 6.44. The van der Waals surface area contributed by atoms with Gasteiger partial charge in [0.05, 0.1) is 17.4 Å². The van der Waals surface area contributed by atoms with Crippen molar-refractivity contribution >= 4 is 46.4 Å². The van der Waals surface area contributed by atoms with Crippen LogP contribution in [0.4, 0.5) is 11.4 Å². The molecule has 0 spiro atoms. The third kappa shape index (κ3) is 3.90. The van der Waals surface area contributed by atoms with Gasteiger partial charge in [0.25, 0.3) is 0 Å². The van der Waals surface area contributed by atoms with Crippen LogP contribution in [0.1, 0.15) is 36.4 Å². The first-order valence-corrected chi connectivity index (χ1v) is 11.1. The molecule has 1 saturated carbocycles.